The number of hydrogen-bond acceptors (Lipinski definition) is 5. The van der Waals surface area contributed by atoms with Crippen molar-refractivity contribution in [1.82, 2.24) is 15.0 Å². The van der Waals surface area contributed by atoms with E-state index in [1.807, 2.05) is 17.9 Å². The highest BCUT2D eigenvalue weighted by molar-refractivity contribution is 5.76. The summed E-state index contributed by atoms with van der Waals surface area (Å²) in [7, 11) is 0. The number of nitrogens with zero attached hydrogens (tertiary/aromatic N) is 3. The molecule has 2 aromatic rings. The van der Waals surface area contributed by atoms with Crippen LogP contribution in [0.2, 0.25) is 0 Å². The molecule has 6 nitrogen and oxygen atoms in total. The maximum Gasteiger partial charge on any atom is 0.231 e. The quantitative estimate of drug-likeness (QED) is 0.831. The fraction of sp³-hybridized carbons (Fsp3) is 0.632. The summed E-state index contributed by atoms with van der Waals surface area (Å²) in [5, 5.41) is 3.86. The van der Waals surface area contributed by atoms with E-state index in [4.69, 9.17) is 8.94 Å². The number of furan rings is 1. The maximum atomic E-state index is 12.6. The standard InChI is InChI=1S/C19H25N3O3/c1-12-10-16(12)17-7-5-15(24-17)6-8-18(23)22-9-3-4-14(11-22)19-20-13(2)21-25-19/h5,7,12,14,16H,3-4,6,8-11H2,1-2H3/t12-,14-,16-/m1/s1. The Morgan fingerprint density at radius 2 is 2.24 bits per heavy atom. The van der Waals surface area contributed by atoms with Crippen LogP contribution >= 0.6 is 0 Å². The summed E-state index contributed by atoms with van der Waals surface area (Å²) in [5.74, 6) is 4.97. The summed E-state index contributed by atoms with van der Waals surface area (Å²) >= 11 is 0. The number of aromatic nitrogens is 2. The van der Waals surface area contributed by atoms with Gasteiger partial charge in [0.2, 0.25) is 11.8 Å². The van der Waals surface area contributed by atoms with Gasteiger partial charge >= 0.3 is 0 Å². The van der Waals surface area contributed by atoms with Gasteiger partial charge in [-0.1, -0.05) is 12.1 Å². The smallest absolute Gasteiger partial charge is 0.231 e. The Morgan fingerprint density at radius 3 is 2.96 bits per heavy atom. The third-order valence-corrected chi connectivity index (χ3v) is 5.41. The lowest BCUT2D eigenvalue weighted by atomic mass is 9.97. The summed E-state index contributed by atoms with van der Waals surface area (Å²) in [4.78, 5) is 18.8. The molecule has 1 saturated heterocycles. The zero-order valence-electron chi connectivity index (χ0n) is 14.9. The highest BCUT2D eigenvalue weighted by Gasteiger charge is 2.36. The predicted molar refractivity (Wildman–Crippen MR) is 91.1 cm³/mol. The number of carbonyl (C=O) groups is 1. The molecule has 1 aliphatic heterocycles. The maximum absolute atomic E-state index is 12.6. The van der Waals surface area contributed by atoms with Crippen LogP contribution in [0.25, 0.3) is 0 Å². The highest BCUT2D eigenvalue weighted by Crippen LogP contribution is 2.47. The van der Waals surface area contributed by atoms with Crippen LogP contribution in [0, 0.1) is 12.8 Å². The van der Waals surface area contributed by atoms with Crippen LogP contribution in [0.15, 0.2) is 21.1 Å². The van der Waals surface area contributed by atoms with E-state index in [2.05, 4.69) is 23.1 Å². The van der Waals surface area contributed by atoms with E-state index in [0.717, 1.165) is 36.8 Å². The van der Waals surface area contributed by atoms with Crippen molar-refractivity contribution in [2.24, 2.45) is 5.92 Å². The largest absolute Gasteiger partial charge is 0.466 e. The molecule has 134 valence electrons. The molecule has 0 unspecified atom stereocenters. The first-order valence-corrected chi connectivity index (χ1v) is 9.26. The van der Waals surface area contributed by atoms with Crippen molar-refractivity contribution in [2.75, 3.05) is 13.1 Å². The molecule has 2 fully saturated rings. The lowest BCUT2D eigenvalue weighted by molar-refractivity contribution is -0.132. The van der Waals surface area contributed by atoms with Gasteiger partial charge in [0.25, 0.3) is 0 Å². The van der Waals surface area contributed by atoms with E-state index in [1.54, 1.807) is 0 Å². The molecule has 1 saturated carbocycles. The number of hydrogen-bond donors (Lipinski definition) is 0. The van der Waals surface area contributed by atoms with Gasteiger partial charge in [-0.3, -0.25) is 4.79 Å². The Labute approximate surface area is 147 Å². The van der Waals surface area contributed by atoms with Crippen LogP contribution in [-0.2, 0) is 11.2 Å². The van der Waals surface area contributed by atoms with Crippen LogP contribution in [0.3, 0.4) is 0 Å². The molecular weight excluding hydrogens is 318 g/mol. The molecular formula is C19H25N3O3. The topological polar surface area (TPSA) is 72.4 Å². The molecule has 3 atom stereocenters. The number of amides is 1. The summed E-state index contributed by atoms with van der Waals surface area (Å²) < 4.78 is 11.2. The molecule has 1 aliphatic carbocycles. The fourth-order valence-electron chi connectivity index (χ4n) is 3.72. The first-order valence-electron chi connectivity index (χ1n) is 9.26. The number of carbonyl (C=O) groups excluding carboxylic acids is 1. The normalized spacial score (nSPS) is 26.0. The van der Waals surface area contributed by atoms with Crippen LogP contribution < -0.4 is 0 Å². The first kappa shape index (κ1) is 16.4. The second-order valence-corrected chi connectivity index (χ2v) is 7.48. The van der Waals surface area contributed by atoms with E-state index >= 15 is 0 Å². The molecule has 2 aromatic heterocycles. The molecule has 0 N–H and O–H groups in total. The van der Waals surface area contributed by atoms with Gasteiger partial charge in [-0.25, -0.2) is 0 Å². The molecule has 0 spiro atoms. The molecule has 0 aromatic carbocycles. The zero-order chi connectivity index (χ0) is 17.4. The summed E-state index contributed by atoms with van der Waals surface area (Å²) in [6.45, 7) is 5.54. The number of rotatable bonds is 5. The minimum absolute atomic E-state index is 0.158. The van der Waals surface area contributed by atoms with Crippen molar-refractivity contribution >= 4 is 5.91 Å². The molecule has 0 bridgehead atoms. The third-order valence-electron chi connectivity index (χ3n) is 5.41. The summed E-state index contributed by atoms with van der Waals surface area (Å²) in [5.41, 5.74) is 0. The van der Waals surface area contributed by atoms with Crippen molar-refractivity contribution in [3.8, 4) is 0 Å². The van der Waals surface area contributed by atoms with Crippen molar-refractivity contribution in [3.05, 3.63) is 35.4 Å². The average Bonchev–Trinajstić information content (AvgIpc) is 3.02. The van der Waals surface area contributed by atoms with E-state index in [9.17, 15) is 4.79 Å². The van der Waals surface area contributed by atoms with Gasteiger partial charge in [-0.2, -0.15) is 4.98 Å². The van der Waals surface area contributed by atoms with E-state index < -0.39 is 0 Å². The van der Waals surface area contributed by atoms with Gasteiger partial charge < -0.3 is 13.8 Å². The van der Waals surface area contributed by atoms with Crippen LogP contribution in [0.5, 0.6) is 0 Å². The van der Waals surface area contributed by atoms with Crippen molar-refractivity contribution in [1.29, 1.82) is 0 Å². The van der Waals surface area contributed by atoms with Gasteiger partial charge in [-0.05, 0) is 44.2 Å². The predicted octanol–water partition coefficient (Wildman–Crippen LogP) is 3.43. The second-order valence-electron chi connectivity index (χ2n) is 7.48. The summed E-state index contributed by atoms with van der Waals surface area (Å²) in [6.07, 6.45) is 4.34. The second kappa shape index (κ2) is 6.65. The molecule has 6 heteroatoms. The molecule has 0 radical (unpaired) electrons. The highest BCUT2D eigenvalue weighted by atomic mass is 16.5. The van der Waals surface area contributed by atoms with Crippen molar-refractivity contribution < 1.29 is 13.7 Å². The molecule has 3 heterocycles. The molecule has 2 aliphatic rings. The van der Waals surface area contributed by atoms with Crippen LogP contribution in [0.4, 0.5) is 0 Å². The fourth-order valence-corrected chi connectivity index (χ4v) is 3.72. The van der Waals surface area contributed by atoms with Crippen LogP contribution in [-0.4, -0.2) is 34.0 Å². The van der Waals surface area contributed by atoms with Gasteiger partial charge in [0.1, 0.15) is 11.5 Å². The Morgan fingerprint density at radius 1 is 1.40 bits per heavy atom. The Kier molecular flexibility index (Phi) is 4.36. The average molecular weight is 343 g/mol. The molecule has 25 heavy (non-hydrogen) atoms. The van der Waals surface area contributed by atoms with Crippen molar-refractivity contribution in [2.45, 2.75) is 57.8 Å². The van der Waals surface area contributed by atoms with Gasteiger partial charge in [0.05, 0.1) is 5.92 Å². The summed E-state index contributed by atoms with van der Waals surface area (Å²) in [6, 6.07) is 4.09. The number of aryl methyl sites for hydroxylation is 2. The Hall–Kier alpha value is -2.11. The van der Waals surface area contributed by atoms with E-state index in [0.29, 0.717) is 37.0 Å². The van der Waals surface area contributed by atoms with E-state index in [1.165, 1.54) is 6.42 Å². The molecule has 4 rings (SSSR count). The Balaban J connectivity index is 1.30. The van der Waals surface area contributed by atoms with Crippen LogP contribution in [0.1, 0.15) is 67.7 Å². The minimum atomic E-state index is 0.158. The zero-order valence-corrected chi connectivity index (χ0v) is 14.9. The van der Waals surface area contributed by atoms with Crippen molar-refractivity contribution in [3.63, 3.8) is 0 Å². The number of likely N-dealkylation sites (tertiary alicyclic amines) is 1. The van der Waals surface area contributed by atoms with Gasteiger partial charge in [-0.15, -0.1) is 0 Å². The van der Waals surface area contributed by atoms with E-state index in [-0.39, 0.29) is 11.8 Å². The van der Waals surface area contributed by atoms with Gasteiger partial charge in [0.15, 0.2) is 5.82 Å². The van der Waals surface area contributed by atoms with Gasteiger partial charge in [0, 0.05) is 31.8 Å². The SMILES string of the molecule is Cc1noc([C@@H]2CCCN(C(=O)CCc3ccc([C@@H]4C[C@H]4C)o3)C2)n1. The lowest BCUT2D eigenvalue weighted by Gasteiger charge is -2.31. The number of piperidine rings is 1. The molecule has 1 amide bonds. The lowest BCUT2D eigenvalue weighted by Crippen LogP contribution is -2.39. The first-order chi connectivity index (χ1) is 12.1. The monoisotopic (exact) mass is 343 g/mol. The minimum Gasteiger partial charge on any atom is -0.466 e. The Bertz CT molecular complexity index is 751. The third kappa shape index (κ3) is 3.62.